The molecule has 2 heterocycles. The van der Waals surface area contributed by atoms with Gasteiger partial charge in [-0.25, -0.2) is 0 Å². The highest BCUT2D eigenvalue weighted by molar-refractivity contribution is 6.34. The van der Waals surface area contributed by atoms with Crippen molar-refractivity contribution in [1.29, 1.82) is 0 Å². The van der Waals surface area contributed by atoms with Crippen LogP contribution in [0, 0.1) is 6.54 Å². The Labute approximate surface area is 159 Å². The van der Waals surface area contributed by atoms with E-state index in [0.29, 0.717) is 0 Å². The fourth-order valence-electron chi connectivity index (χ4n) is 3.51. The Bertz CT molecular complexity index is 866. The molecule has 0 aliphatic carbocycles. The Balaban J connectivity index is 1.49. The molecule has 1 aliphatic rings. The number of hydrogen-bond acceptors (Lipinski definition) is 3. The van der Waals surface area contributed by atoms with Crippen LogP contribution in [0.25, 0.3) is 22.0 Å². The maximum absolute atomic E-state index is 6.50. The van der Waals surface area contributed by atoms with Gasteiger partial charge in [-0.15, -0.1) is 0 Å². The fraction of sp³-hybridized carbons (Fsp3) is 0.333. The van der Waals surface area contributed by atoms with E-state index < -0.39 is 0 Å². The van der Waals surface area contributed by atoms with Gasteiger partial charge in [0.05, 0.1) is 16.2 Å². The second-order valence-electron chi connectivity index (χ2n) is 6.97. The smallest absolute Gasteiger partial charge is 0.0701 e. The van der Waals surface area contributed by atoms with Crippen LogP contribution in [0.5, 0.6) is 0 Å². The molecule has 0 bridgehead atoms. The predicted molar refractivity (Wildman–Crippen MR) is 108 cm³/mol. The summed E-state index contributed by atoms with van der Waals surface area (Å²) in [7, 11) is 2.18. The van der Waals surface area contributed by atoms with Gasteiger partial charge in [0.15, 0.2) is 0 Å². The van der Waals surface area contributed by atoms with Crippen molar-refractivity contribution in [2.24, 2.45) is 0 Å². The van der Waals surface area contributed by atoms with Crippen molar-refractivity contribution in [2.75, 3.05) is 33.2 Å². The number of hydrogen-bond donors (Lipinski definition) is 1. The molecule has 2 aromatic carbocycles. The second kappa shape index (κ2) is 7.78. The molecule has 1 saturated heterocycles. The molecule has 4 nitrogen and oxygen atoms in total. The molecule has 0 atom stereocenters. The van der Waals surface area contributed by atoms with Gasteiger partial charge in [0, 0.05) is 43.7 Å². The van der Waals surface area contributed by atoms with Crippen LogP contribution in [-0.4, -0.2) is 53.2 Å². The second-order valence-corrected chi connectivity index (χ2v) is 7.38. The molecule has 1 fully saturated rings. The zero-order valence-electron chi connectivity index (χ0n) is 15.1. The molecule has 1 radical (unpaired) electrons. The van der Waals surface area contributed by atoms with Gasteiger partial charge in [-0.1, -0.05) is 41.9 Å². The number of rotatable bonds is 5. The number of likely N-dealkylation sites (N-methyl/N-ethyl adjacent to an activating group) is 1. The van der Waals surface area contributed by atoms with Gasteiger partial charge in [-0.3, -0.25) is 10.00 Å². The van der Waals surface area contributed by atoms with E-state index in [1.807, 2.05) is 24.3 Å². The van der Waals surface area contributed by atoms with E-state index in [1.54, 1.807) is 0 Å². The first-order valence-corrected chi connectivity index (χ1v) is 9.56. The minimum atomic E-state index is 0.753. The van der Waals surface area contributed by atoms with Gasteiger partial charge in [-0.2, -0.15) is 5.10 Å². The highest BCUT2D eigenvalue weighted by Crippen LogP contribution is 2.33. The molecule has 0 unspecified atom stereocenters. The van der Waals surface area contributed by atoms with Crippen LogP contribution in [0.3, 0.4) is 0 Å². The standard InChI is InChI=1S/C21H24ClN4/c1-25-10-12-26(13-11-25)9-5-8-20-18-14-17(16-6-3-2-4-7-16)19(22)15-21(18)24-23-20/h2-4,6-7,9,14-15H,5,8,10-13H2,1H3,(H,23,24). The summed E-state index contributed by atoms with van der Waals surface area (Å²) in [6.07, 6.45) is 1.94. The predicted octanol–water partition coefficient (Wildman–Crippen LogP) is 4.23. The van der Waals surface area contributed by atoms with Crippen LogP contribution < -0.4 is 0 Å². The van der Waals surface area contributed by atoms with Gasteiger partial charge in [0.25, 0.3) is 0 Å². The first kappa shape index (κ1) is 17.5. The number of aryl methyl sites for hydroxylation is 1. The third kappa shape index (κ3) is 3.78. The lowest BCUT2D eigenvalue weighted by Gasteiger charge is -2.31. The van der Waals surface area contributed by atoms with E-state index in [-0.39, 0.29) is 0 Å². The van der Waals surface area contributed by atoms with Crippen LogP contribution in [-0.2, 0) is 6.42 Å². The fourth-order valence-corrected chi connectivity index (χ4v) is 3.78. The number of nitrogens with zero attached hydrogens (tertiary/aromatic N) is 3. The molecule has 3 aromatic rings. The normalized spacial score (nSPS) is 16.4. The van der Waals surface area contributed by atoms with Crippen molar-refractivity contribution in [3.8, 4) is 11.1 Å². The summed E-state index contributed by atoms with van der Waals surface area (Å²) in [5.41, 5.74) is 4.31. The Hall–Kier alpha value is -1.88. The summed E-state index contributed by atoms with van der Waals surface area (Å²) < 4.78 is 0. The third-order valence-electron chi connectivity index (χ3n) is 5.12. The van der Waals surface area contributed by atoms with Crippen molar-refractivity contribution >= 4 is 22.5 Å². The Morgan fingerprint density at radius 1 is 1.12 bits per heavy atom. The molecule has 0 saturated carbocycles. The van der Waals surface area contributed by atoms with Gasteiger partial charge in [0.2, 0.25) is 0 Å². The molecule has 5 heteroatoms. The monoisotopic (exact) mass is 367 g/mol. The average molecular weight is 368 g/mol. The third-order valence-corrected chi connectivity index (χ3v) is 5.43. The number of benzene rings is 2. The summed E-state index contributed by atoms with van der Waals surface area (Å²) in [4.78, 5) is 4.81. The van der Waals surface area contributed by atoms with Crippen molar-refractivity contribution in [3.05, 3.63) is 59.7 Å². The highest BCUT2D eigenvalue weighted by Gasteiger charge is 2.15. The molecular formula is C21H24ClN4. The molecule has 1 aliphatic heterocycles. The minimum absolute atomic E-state index is 0.753. The first-order chi connectivity index (χ1) is 12.7. The maximum Gasteiger partial charge on any atom is 0.0701 e. The van der Waals surface area contributed by atoms with Gasteiger partial charge < -0.3 is 4.90 Å². The Morgan fingerprint density at radius 2 is 1.88 bits per heavy atom. The zero-order chi connectivity index (χ0) is 17.9. The summed E-state index contributed by atoms with van der Waals surface area (Å²) in [5.74, 6) is 0. The molecular weight excluding hydrogens is 344 g/mol. The number of aromatic nitrogens is 2. The van der Waals surface area contributed by atoms with E-state index in [0.717, 1.165) is 66.4 Å². The molecule has 1 aromatic heterocycles. The SMILES string of the molecule is CN1CCN([CH]CCc2n[nH]c3cc(Cl)c(-c4ccccc4)cc23)CC1. The summed E-state index contributed by atoms with van der Waals surface area (Å²) in [6, 6.07) is 14.4. The quantitative estimate of drug-likeness (QED) is 0.733. The Kier molecular flexibility index (Phi) is 5.25. The summed E-state index contributed by atoms with van der Waals surface area (Å²) in [5, 5.41) is 9.59. The van der Waals surface area contributed by atoms with Crippen molar-refractivity contribution < 1.29 is 0 Å². The van der Waals surface area contributed by atoms with E-state index in [1.165, 1.54) is 5.39 Å². The Morgan fingerprint density at radius 3 is 2.65 bits per heavy atom. The number of halogens is 1. The van der Waals surface area contributed by atoms with E-state index >= 15 is 0 Å². The molecule has 135 valence electrons. The number of fused-ring (bicyclic) bond motifs is 1. The van der Waals surface area contributed by atoms with Crippen molar-refractivity contribution in [1.82, 2.24) is 20.0 Å². The lowest BCUT2D eigenvalue weighted by Crippen LogP contribution is -2.43. The van der Waals surface area contributed by atoms with Crippen LogP contribution in [0.1, 0.15) is 12.1 Å². The average Bonchev–Trinajstić information content (AvgIpc) is 3.05. The number of nitrogens with one attached hydrogen (secondary N) is 1. The zero-order valence-corrected chi connectivity index (χ0v) is 15.8. The number of H-pyrrole nitrogens is 1. The lowest BCUT2D eigenvalue weighted by atomic mass is 10.0. The van der Waals surface area contributed by atoms with Crippen LogP contribution in [0.2, 0.25) is 5.02 Å². The first-order valence-electron chi connectivity index (χ1n) is 9.18. The van der Waals surface area contributed by atoms with Crippen LogP contribution in [0.4, 0.5) is 0 Å². The molecule has 1 N–H and O–H groups in total. The topological polar surface area (TPSA) is 35.2 Å². The number of piperazine rings is 1. The summed E-state index contributed by atoms with van der Waals surface area (Å²) >= 11 is 6.50. The maximum atomic E-state index is 6.50. The van der Waals surface area contributed by atoms with Crippen LogP contribution in [0.15, 0.2) is 42.5 Å². The van der Waals surface area contributed by atoms with Crippen molar-refractivity contribution in [3.63, 3.8) is 0 Å². The minimum Gasteiger partial charge on any atom is -0.304 e. The molecule has 0 amide bonds. The van der Waals surface area contributed by atoms with Gasteiger partial charge >= 0.3 is 0 Å². The largest absolute Gasteiger partial charge is 0.304 e. The van der Waals surface area contributed by atoms with Gasteiger partial charge in [0.1, 0.15) is 0 Å². The van der Waals surface area contributed by atoms with E-state index in [2.05, 4.69) is 51.8 Å². The molecule has 26 heavy (non-hydrogen) atoms. The van der Waals surface area contributed by atoms with E-state index in [4.69, 9.17) is 11.6 Å². The summed E-state index contributed by atoms with van der Waals surface area (Å²) in [6.45, 7) is 6.85. The van der Waals surface area contributed by atoms with Gasteiger partial charge in [-0.05, 0) is 37.6 Å². The molecule has 4 rings (SSSR count). The van der Waals surface area contributed by atoms with Crippen molar-refractivity contribution in [2.45, 2.75) is 12.8 Å². The highest BCUT2D eigenvalue weighted by atomic mass is 35.5. The number of aromatic amines is 1. The van der Waals surface area contributed by atoms with E-state index in [9.17, 15) is 0 Å². The lowest BCUT2D eigenvalue weighted by molar-refractivity contribution is 0.178. The molecule has 0 spiro atoms. The van der Waals surface area contributed by atoms with Crippen LogP contribution >= 0.6 is 11.6 Å².